The third-order valence-electron chi connectivity index (χ3n) is 4.56. The minimum Gasteiger partial charge on any atom is -0.493 e. The Kier molecular flexibility index (Phi) is 6.59. The van der Waals surface area contributed by atoms with E-state index in [0.717, 1.165) is 5.56 Å². The van der Waals surface area contributed by atoms with Crippen LogP contribution in [0.2, 0.25) is 0 Å². The normalized spacial score (nSPS) is 11.4. The molecule has 0 aliphatic carbocycles. The summed E-state index contributed by atoms with van der Waals surface area (Å²) >= 11 is 0. The largest absolute Gasteiger partial charge is 0.493 e. The number of ether oxygens (including phenoxy) is 2. The van der Waals surface area contributed by atoms with Gasteiger partial charge in [0.25, 0.3) is 5.91 Å². The predicted octanol–water partition coefficient (Wildman–Crippen LogP) is 3.11. The van der Waals surface area contributed by atoms with E-state index in [9.17, 15) is 13.2 Å². The van der Waals surface area contributed by atoms with Crippen LogP contribution in [-0.4, -0.2) is 44.0 Å². The van der Waals surface area contributed by atoms with Crippen LogP contribution in [0.1, 0.15) is 35.7 Å². The summed E-state index contributed by atoms with van der Waals surface area (Å²) in [6, 6.07) is 11.2. The number of nitrogens with zero attached hydrogens (tertiary/aromatic N) is 2. The van der Waals surface area contributed by atoms with Crippen LogP contribution >= 0.6 is 0 Å². The molecule has 31 heavy (non-hydrogen) atoms. The molecule has 0 aliphatic heterocycles. The molecule has 0 radical (unpaired) electrons. The molecule has 0 bridgehead atoms. The van der Waals surface area contributed by atoms with Gasteiger partial charge in [-0.2, -0.15) is 0 Å². The van der Waals surface area contributed by atoms with Crippen LogP contribution in [0, 0.1) is 0 Å². The lowest BCUT2D eigenvalue weighted by Gasteiger charge is -2.08. The molecule has 1 aromatic heterocycles. The average molecular weight is 445 g/mol. The molecule has 0 spiro atoms. The van der Waals surface area contributed by atoms with Crippen molar-refractivity contribution < 1.29 is 27.1 Å². The van der Waals surface area contributed by atoms with Crippen molar-refractivity contribution in [3.8, 4) is 11.5 Å². The summed E-state index contributed by atoms with van der Waals surface area (Å²) in [4.78, 5) is 12.7. The van der Waals surface area contributed by atoms with Gasteiger partial charge in [-0.15, -0.1) is 5.10 Å². The Hall–Kier alpha value is -3.40. The van der Waals surface area contributed by atoms with E-state index in [1.54, 1.807) is 50.2 Å². The van der Waals surface area contributed by atoms with Crippen molar-refractivity contribution in [2.24, 2.45) is 0 Å². The third kappa shape index (κ3) is 5.02. The fourth-order valence-corrected chi connectivity index (χ4v) is 3.83. The van der Waals surface area contributed by atoms with Crippen LogP contribution < -0.4 is 14.8 Å². The van der Waals surface area contributed by atoms with Gasteiger partial charge in [-0.05, 0) is 49.7 Å². The molecule has 164 valence electrons. The number of aromatic nitrogens is 2. The van der Waals surface area contributed by atoms with Crippen LogP contribution in [0.15, 0.2) is 51.8 Å². The van der Waals surface area contributed by atoms with Crippen molar-refractivity contribution in [2.75, 3.05) is 19.5 Å². The van der Waals surface area contributed by atoms with Gasteiger partial charge in [0.1, 0.15) is 0 Å². The monoisotopic (exact) mass is 445 g/mol. The molecule has 10 heteroatoms. The Bertz CT molecular complexity index is 1170. The van der Waals surface area contributed by atoms with E-state index in [2.05, 4.69) is 15.5 Å². The van der Waals surface area contributed by atoms with E-state index < -0.39 is 21.0 Å². The highest BCUT2D eigenvalue weighted by atomic mass is 32.2. The molecule has 0 atom stereocenters. The summed E-state index contributed by atoms with van der Waals surface area (Å²) in [6.07, 6.45) is 0.293. The summed E-state index contributed by atoms with van der Waals surface area (Å²) in [5, 5.41) is 9.80. The van der Waals surface area contributed by atoms with Gasteiger partial charge in [0.05, 0.1) is 30.8 Å². The maximum absolute atomic E-state index is 12.4. The number of carbonyl (C=O) groups excluding carboxylic acids is 1. The lowest BCUT2D eigenvalue weighted by Crippen LogP contribution is -2.13. The van der Waals surface area contributed by atoms with Gasteiger partial charge in [-0.1, -0.05) is 17.2 Å². The fourth-order valence-electron chi connectivity index (χ4n) is 2.77. The Labute approximate surface area is 180 Å². The molecule has 0 fully saturated rings. The van der Waals surface area contributed by atoms with E-state index in [0.29, 0.717) is 23.5 Å². The number of rotatable bonds is 8. The topological polar surface area (TPSA) is 121 Å². The predicted molar refractivity (Wildman–Crippen MR) is 113 cm³/mol. The first-order chi connectivity index (χ1) is 14.7. The highest BCUT2D eigenvalue weighted by Crippen LogP contribution is 2.28. The Morgan fingerprint density at radius 3 is 2.32 bits per heavy atom. The zero-order chi connectivity index (χ0) is 22.6. The molecule has 0 saturated carbocycles. The average Bonchev–Trinajstić information content (AvgIpc) is 3.20. The van der Waals surface area contributed by atoms with Gasteiger partial charge in [-0.25, -0.2) is 8.42 Å². The Morgan fingerprint density at radius 2 is 1.71 bits per heavy atom. The van der Waals surface area contributed by atoms with Gasteiger partial charge in [-0.3, -0.25) is 10.1 Å². The van der Waals surface area contributed by atoms with Crippen molar-refractivity contribution in [3.05, 3.63) is 59.5 Å². The first-order valence-corrected chi connectivity index (χ1v) is 11.0. The first kappa shape index (κ1) is 22.3. The second-order valence-electron chi connectivity index (χ2n) is 6.94. The number of benzene rings is 2. The van der Waals surface area contributed by atoms with Gasteiger partial charge in [0.2, 0.25) is 5.89 Å². The van der Waals surface area contributed by atoms with Gasteiger partial charge in [0.15, 0.2) is 21.3 Å². The number of methoxy groups -OCH3 is 2. The quantitative estimate of drug-likeness (QED) is 0.561. The highest BCUT2D eigenvalue weighted by molar-refractivity contribution is 7.92. The number of amides is 1. The smallest absolute Gasteiger partial charge is 0.322 e. The third-order valence-corrected chi connectivity index (χ3v) is 6.73. The standard InChI is InChI=1S/C21H23N3O6S/c1-13(2)31(26,27)16-8-5-14(6-9-16)11-19-23-24-21(30-19)22-20(25)15-7-10-17(28-3)18(12-15)29-4/h5-10,12-13H,11H2,1-4H3,(H,22,24,25). The maximum Gasteiger partial charge on any atom is 0.322 e. The maximum atomic E-state index is 12.4. The molecular weight excluding hydrogens is 422 g/mol. The molecule has 2 aromatic carbocycles. The Morgan fingerprint density at radius 1 is 1.03 bits per heavy atom. The minimum absolute atomic E-state index is 0.0474. The van der Waals surface area contributed by atoms with Crippen molar-refractivity contribution in [2.45, 2.75) is 30.4 Å². The van der Waals surface area contributed by atoms with E-state index >= 15 is 0 Å². The minimum atomic E-state index is -3.33. The van der Waals surface area contributed by atoms with Crippen LogP contribution in [0.25, 0.3) is 0 Å². The molecule has 9 nitrogen and oxygen atoms in total. The van der Waals surface area contributed by atoms with Crippen molar-refractivity contribution >= 4 is 21.8 Å². The molecule has 3 aromatic rings. The second-order valence-corrected chi connectivity index (χ2v) is 9.44. The first-order valence-electron chi connectivity index (χ1n) is 9.43. The van der Waals surface area contributed by atoms with E-state index in [1.165, 1.54) is 20.3 Å². The number of nitrogens with one attached hydrogen (secondary N) is 1. The molecule has 0 unspecified atom stereocenters. The van der Waals surface area contributed by atoms with Crippen LogP contribution in [0.3, 0.4) is 0 Å². The molecule has 1 amide bonds. The van der Waals surface area contributed by atoms with Gasteiger partial charge in [0, 0.05) is 5.56 Å². The summed E-state index contributed by atoms with van der Waals surface area (Å²) in [5.74, 6) is 0.761. The molecule has 1 N–H and O–H groups in total. The molecule has 0 aliphatic rings. The highest BCUT2D eigenvalue weighted by Gasteiger charge is 2.19. The van der Waals surface area contributed by atoms with Crippen LogP contribution in [-0.2, 0) is 16.3 Å². The second kappa shape index (κ2) is 9.17. The lowest BCUT2D eigenvalue weighted by molar-refractivity contribution is 0.102. The number of hydrogen-bond donors (Lipinski definition) is 1. The van der Waals surface area contributed by atoms with Crippen molar-refractivity contribution in [3.63, 3.8) is 0 Å². The van der Waals surface area contributed by atoms with Crippen LogP contribution in [0.5, 0.6) is 11.5 Å². The van der Waals surface area contributed by atoms with Gasteiger partial charge >= 0.3 is 6.01 Å². The lowest BCUT2D eigenvalue weighted by atomic mass is 10.1. The van der Waals surface area contributed by atoms with E-state index in [4.69, 9.17) is 13.9 Å². The Balaban J connectivity index is 1.67. The zero-order valence-electron chi connectivity index (χ0n) is 17.6. The number of carbonyl (C=O) groups is 1. The molecule has 0 saturated heterocycles. The molecule has 3 rings (SSSR count). The fraction of sp³-hybridized carbons (Fsp3) is 0.286. The van der Waals surface area contributed by atoms with E-state index in [-0.39, 0.29) is 16.8 Å². The van der Waals surface area contributed by atoms with Crippen LogP contribution in [0.4, 0.5) is 6.01 Å². The zero-order valence-corrected chi connectivity index (χ0v) is 18.4. The molecular formula is C21H23N3O6S. The van der Waals surface area contributed by atoms with Crippen molar-refractivity contribution in [1.29, 1.82) is 0 Å². The summed E-state index contributed by atoms with van der Waals surface area (Å²) in [5.41, 5.74) is 1.13. The number of sulfone groups is 1. The molecule has 1 heterocycles. The number of hydrogen-bond acceptors (Lipinski definition) is 8. The summed E-state index contributed by atoms with van der Waals surface area (Å²) < 4.78 is 40.2. The van der Waals surface area contributed by atoms with E-state index in [1.807, 2.05) is 0 Å². The van der Waals surface area contributed by atoms with Crippen molar-refractivity contribution in [1.82, 2.24) is 10.2 Å². The summed E-state index contributed by atoms with van der Waals surface area (Å²) in [6.45, 7) is 3.28. The SMILES string of the molecule is COc1ccc(C(=O)Nc2nnc(Cc3ccc(S(=O)(=O)C(C)C)cc3)o2)cc1OC. The summed E-state index contributed by atoms with van der Waals surface area (Å²) in [7, 11) is -0.338. The number of anilines is 1. The van der Waals surface area contributed by atoms with Gasteiger partial charge < -0.3 is 13.9 Å².